The largest absolute Gasteiger partial charge is 0.505 e. The van der Waals surface area contributed by atoms with Gasteiger partial charge in [-0.3, -0.25) is 19.2 Å². The molecule has 2 aromatic heterocycles. The molecule has 2 unspecified atom stereocenters. The van der Waals surface area contributed by atoms with Crippen molar-refractivity contribution in [3.8, 4) is 5.75 Å². The number of nitrogens with zero attached hydrogens (tertiary/aromatic N) is 3. The van der Waals surface area contributed by atoms with Gasteiger partial charge in [0.25, 0.3) is 11.9 Å². The van der Waals surface area contributed by atoms with Crippen molar-refractivity contribution in [2.45, 2.75) is 71.3 Å². The maximum atomic E-state index is 14.7. The van der Waals surface area contributed by atoms with Crippen molar-refractivity contribution in [1.29, 1.82) is 0 Å². The highest BCUT2D eigenvalue weighted by Crippen LogP contribution is 2.25. The number of hydrogen-bond acceptors (Lipinski definition) is 8. The average Bonchev–Trinajstić information content (AvgIpc) is 2.98. The molecular weight excluding hydrogens is 604 g/mol. The first kappa shape index (κ1) is 35.1. The van der Waals surface area contributed by atoms with E-state index in [1.54, 1.807) is 6.92 Å². The summed E-state index contributed by atoms with van der Waals surface area (Å²) in [5.74, 6) is -13.9. The fourth-order valence-electron chi connectivity index (χ4n) is 5.12. The highest BCUT2D eigenvalue weighted by Gasteiger charge is 2.42. The number of hydrogen-bond donors (Lipinski definition) is 5. The van der Waals surface area contributed by atoms with Crippen LogP contribution in [0.15, 0.2) is 18.3 Å². The fraction of sp³-hybridized carbons (Fsp3) is 0.517. The van der Waals surface area contributed by atoms with E-state index in [4.69, 9.17) is 0 Å². The molecule has 0 aromatic carbocycles. The number of halogens is 4. The topological polar surface area (TPSA) is 174 Å². The Labute approximate surface area is 256 Å². The molecule has 0 saturated carbocycles. The number of pyridine rings is 2. The molecule has 246 valence electrons. The van der Waals surface area contributed by atoms with Gasteiger partial charge in [0.2, 0.25) is 29.5 Å². The van der Waals surface area contributed by atoms with E-state index in [0.717, 1.165) is 4.90 Å². The third-order valence-electron chi connectivity index (χ3n) is 8.17. The molecule has 1 aliphatic heterocycles. The van der Waals surface area contributed by atoms with Gasteiger partial charge in [0.1, 0.15) is 17.8 Å². The van der Waals surface area contributed by atoms with E-state index in [2.05, 4.69) is 25.9 Å². The lowest BCUT2D eigenvalue weighted by atomic mass is 9.86. The quantitative estimate of drug-likeness (QED) is 0.231. The fourth-order valence-corrected chi connectivity index (χ4v) is 5.12. The van der Waals surface area contributed by atoms with Gasteiger partial charge in [-0.25, -0.2) is 9.37 Å². The zero-order valence-corrected chi connectivity index (χ0v) is 25.4. The average molecular weight is 641 g/mol. The van der Waals surface area contributed by atoms with Crippen molar-refractivity contribution in [2.75, 3.05) is 7.05 Å². The Morgan fingerprint density at radius 1 is 1.04 bits per heavy atom. The van der Waals surface area contributed by atoms with Gasteiger partial charge in [0, 0.05) is 25.2 Å². The van der Waals surface area contributed by atoms with E-state index in [9.17, 15) is 47.0 Å². The van der Waals surface area contributed by atoms with Crippen LogP contribution >= 0.6 is 0 Å². The third kappa shape index (κ3) is 7.49. The monoisotopic (exact) mass is 640 g/mol. The first-order valence-electron chi connectivity index (χ1n) is 14.2. The molecule has 0 radical (unpaired) electrons. The molecule has 0 bridgehead atoms. The summed E-state index contributed by atoms with van der Waals surface area (Å²) in [6.45, 7) is 7.97. The second-order valence-corrected chi connectivity index (χ2v) is 11.5. The molecule has 1 fully saturated rings. The van der Waals surface area contributed by atoms with Gasteiger partial charge in [0.15, 0.2) is 11.5 Å². The third-order valence-corrected chi connectivity index (χ3v) is 8.17. The highest BCUT2D eigenvalue weighted by molar-refractivity contribution is 5.98. The maximum absolute atomic E-state index is 14.7. The zero-order valence-electron chi connectivity index (χ0n) is 25.4. The molecule has 0 aliphatic carbocycles. The molecule has 16 heteroatoms. The number of amides is 4. The van der Waals surface area contributed by atoms with Crippen LogP contribution in [-0.4, -0.2) is 86.0 Å². The molecule has 45 heavy (non-hydrogen) atoms. The van der Waals surface area contributed by atoms with Gasteiger partial charge in [-0.2, -0.15) is 18.2 Å². The van der Waals surface area contributed by atoms with Crippen LogP contribution in [0.3, 0.4) is 0 Å². The number of aliphatic hydroxyl groups excluding tert-OH is 1. The second-order valence-electron chi connectivity index (χ2n) is 11.5. The Balaban J connectivity index is 2.14. The lowest BCUT2D eigenvalue weighted by molar-refractivity contribution is -0.148. The summed E-state index contributed by atoms with van der Waals surface area (Å²) >= 11 is 0. The smallest absolute Gasteiger partial charge is 0.274 e. The van der Waals surface area contributed by atoms with Crippen molar-refractivity contribution in [3.63, 3.8) is 0 Å². The molecule has 1 saturated heterocycles. The normalized spacial score (nSPS) is 25.6. The van der Waals surface area contributed by atoms with E-state index < -0.39 is 113 Å². The predicted octanol–water partition coefficient (Wildman–Crippen LogP) is 1.20. The SMILES string of the molecule is CC(C)C(C)C1C(=O)N[C@H](C)[C@H](NC(=O)c2ncccc2O)C(=O)N[C@@H](Cc2c(F)nc(F)c(F)c2F)[C@@H](O)[C@@H](C)C(=O)N1C. The van der Waals surface area contributed by atoms with E-state index in [1.165, 1.54) is 39.2 Å². The molecule has 2 aromatic rings. The number of carbonyl (C=O) groups excluding carboxylic acids is 4. The Morgan fingerprint density at radius 3 is 2.29 bits per heavy atom. The molecule has 3 rings (SSSR count). The predicted molar refractivity (Wildman–Crippen MR) is 150 cm³/mol. The van der Waals surface area contributed by atoms with Crippen molar-refractivity contribution < 1.29 is 47.0 Å². The molecule has 5 N–H and O–H groups in total. The molecule has 7 atom stereocenters. The Bertz CT molecular complexity index is 1460. The first-order chi connectivity index (χ1) is 21.0. The summed E-state index contributed by atoms with van der Waals surface area (Å²) in [5.41, 5.74) is -1.58. The zero-order chi connectivity index (χ0) is 33.9. The number of rotatable bonds is 6. The number of aromatic nitrogens is 2. The summed E-state index contributed by atoms with van der Waals surface area (Å²) in [6.07, 6.45) is -1.69. The lowest BCUT2D eigenvalue weighted by Gasteiger charge is -2.39. The van der Waals surface area contributed by atoms with Crippen LogP contribution < -0.4 is 16.0 Å². The van der Waals surface area contributed by atoms with Gasteiger partial charge in [-0.15, -0.1) is 0 Å². The Hall–Kier alpha value is -4.34. The highest BCUT2D eigenvalue weighted by atomic mass is 19.2. The summed E-state index contributed by atoms with van der Waals surface area (Å²) in [5, 5.41) is 28.7. The number of likely N-dealkylation sites (N-methyl/N-ethyl adjacent to an activating group) is 1. The lowest BCUT2D eigenvalue weighted by Crippen LogP contribution is -2.64. The second kappa shape index (κ2) is 14.2. The van der Waals surface area contributed by atoms with Gasteiger partial charge >= 0.3 is 0 Å². The van der Waals surface area contributed by atoms with Crippen LogP contribution in [0, 0.1) is 41.3 Å². The van der Waals surface area contributed by atoms with E-state index in [1.807, 2.05) is 13.8 Å². The number of aliphatic hydroxyl groups is 1. The maximum Gasteiger partial charge on any atom is 0.274 e. The minimum atomic E-state index is -2.09. The standard InChI is InChI=1S/C29H36F4N6O6/c1-11(2)12(3)22-28(44)35-14(5)20(37-27(43)21-17(40)8-7-9-34-21)26(42)36-16(23(41)13(4)29(45)39(22)6)10-15-18(30)19(31)25(33)38-24(15)32/h7-9,11-14,16,20,22-23,40-41H,10H2,1-6H3,(H,35,44)(H,36,42)(H,37,43)/t12?,13-,14-,16+,20+,22?,23+/m1/s1. The number of carbonyl (C=O) groups is 4. The van der Waals surface area contributed by atoms with Crippen LogP contribution in [0.5, 0.6) is 5.75 Å². The van der Waals surface area contributed by atoms with Gasteiger partial charge in [0.05, 0.1) is 24.1 Å². The van der Waals surface area contributed by atoms with Crippen molar-refractivity contribution in [3.05, 3.63) is 53.1 Å². The van der Waals surface area contributed by atoms with Crippen molar-refractivity contribution in [1.82, 2.24) is 30.8 Å². The van der Waals surface area contributed by atoms with Crippen molar-refractivity contribution in [2.24, 2.45) is 17.8 Å². The van der Waals surface area contributed by atoms with Crippen LogP contribution in [0.25, 0.3) is 0 Å². The first-order valence-corrected chi connectivity index (χ1v) is 14.2. The summed E-state index contributed by atoms with van der Waals surface area (Å²) < 4.78 is 56.8. The van der Waals surface area contributed by atoms with E-state index in [0.29, 0.717) is 0 Å². The molecule has 0 spiro atoms. The molecular formula is C29H36F4N6O6. The van der Waals surface area contributed by atoms with E-state index in [-0.39, 0.29) is 5.92 Å². The summed E-state index contributed by atoms with van der Waals surface area (Å²) in [4.78, 5) is 61.6. The Morgan fingerprint density at radius 2 is 1.69 bits per heavy atom. The Kier molecular flexibility index (Phi) is 11.1. The number of aromatic hydroxyl groups is 1. The van der Waals surface area contributed by atoms with Gasteiger partial charge in [-0.1, -0.05) is 27.7 Å². The molecule has 4 amide bonds. The molecule has 1 aliphatic rings. The van der Waals surface area contributed by atoms with Crippen LogP contribution in [0.4, 0.5) is 17.6 Å². The number of nitrogens with one attached hydrogen (secondary N) is 3. The van der Waals surface area contributed by atoms with Crippen LogP contribution in [-0.2, 0) is 20.8 Å². The van der Waals surface area contributed by atoms with Gasteiger partial charge < -0.3 is 31.1 Å². The minimum absolute atomic E-state index is 0.134. The minimum Gasteiger partial charge on any atom is -0.505 e. The van der Waals surface area contributed by atoms with Crippen LogP contribution in [0.1, 0.15) is 50.7 Å². The van der Waals surface area contributed by atoms with Crippen molar-refractivity contribution >= 4 is 23.6 Å². The molecule has 3 heterocycles. The van der Waals surface area contributed by atoms with Crippen LogP contribution in [0.2, 0.25) is 0 Å². The van der Waals surface area contributed by atoms with Gasteiger partial charge in [-0.05, 0) is 30.9 Å². The molecule has 12 nitrogen and oxygen atoms in total. The van der Waals surface area contributed by atoms with E-state index >= 15 is 0 Å². The summed E-state index contributed by atoms with van der Waals surface area (Å²) in [6, 6.07) is -3.20. The summed E-state index contributed by atoms with van der Waals surface area (Å²) in [7, 11) is 1.33.